The lowest BCUT2D eigenvalue weighted by Gasteiger charge is -2.25. The van der Waals surface area contributed by atoms with Crippen LogP contribution >= 0.6 is 11.8 Å². The van der Waals surface area contributed by atoms with Crippen LogP contribution in [0.15, 0.2) is 52.4 Å². The van der Waals surface area contributed by atoms with E-state index in [1.54, 1.807) is 6.07 Å². The van der Waals surface area contributed by atoms with Crippen molar-refractivity contribution < 1.29 is 14.6 Å². The van der Waals surface area contributed by atoms with Crippen LogP contribution in [0.3, 0.4) is 0 Å². The molecule has 3 N–H and O–H groups in total. The minimum absolute atomic E-state index is 0.0473. The first-order valence-electron chi connectivity index (χ1n) is 9.44. The summed E-state index contributed by atoms with van der Waals surface area (Å²) in [5.41, 5.74) is 3.06. The number of hydrogen-bond acceptors (Lipinski definition) is 6. The summed E-state index contributed by atoms with van der Waals surface area (Å²) in [6.07, 6.45) is 0.0919. The van der Waals surface area contributed by atoms with Crippen LogP contribution in [-0.2, 0) is 10.5 Å². The Bertz CT molecular complexity index is 1180. The second-order valence-electron chi connectivity index (χ2n) is 7.08. The van der Waals surface area contributed by atoms with Gasteiger partial charge in [0.2, 0.25) is 5.91 Å². The van der Waals surface area contributed by atoms with E-state index in [0.29, 0.717) is 27.8 Å². The number of rotatable bonds is 5. The van der Waals surface area contributed by atoms with Gasteiger partial charge in [0.15, 0.2) is 5.16 Å². The number of carbonyl (C=O) groups excluding carboxylic acids is 1. The minimum Gasteiger partial charge on any atom is -0.508 e. The molecule has 1 atom stereocenters. The number of aryl methyl sites for hydroxylation is 1. The summed E-state index contributed by atoms with van der Waals surface area (Å²) in [6, 6.07) is 12.7. The molecule has 1 aliphatic heterocycles. The highest BCUT2D eigenvalue weighted by atomic mass is 32.2. The van der Waals surface area contributed by atoms with Gasteiger partial charge < -0.3 is 20.1 Å². The highest BCUT2D eigenvalue weighted by molar-refractivity contribution is 7.98. The van der Waals surface area contributed by atoms with E-state index >= 15 is 0 Å². The standard InChI is InChI=1S/C22H21N3O4S/c1-12-5-3-4-6-13(12)11-30-22-24-20-19(21(28)25-22)16(10-18(27)23-20)15-8-7-14(26)9-17(15)29-2/h3-9,16,26H,10-11H2,1-2H3,(H2,23,24,25,27,28)/t16-/m1/s1. The van der Waals surface area contributed by atoms with Crippen LogP contribution in [0, 0.1) is 6.92 Å². The van der Waals surface area contributed by atoms with Crippen LogP contribution in [0.25, 0.3) is 0 Å². The number of hydrogen-bond donors (Lipinski definition) is 3. The highest BCUT2D eigenvalue weighted by Gasteiger charge is 2.32. The smallest absolute Gasteiger partial charge is 0.257 e. The van der Waals surface area contributed by atoms with Gasteiger partial charge in [-0.3, -0.25) is 9.59 Å². The van der Waals surface area contributed by atoms with Gasteiger partial charge in [-0.15, -0.1) is 0 Å². The molecule has 1 aliphatic rings. The summed E-state index contributed by atoms with van der Waals surface area (Å²) in [5, 5.41) is 12.9. The number of carbonyl (C=O) groups is 1. The SMILES string of the molecule is COc1cc(O)ccc1[C@H]1CC(=O)Nc2nc(SCc3ccccc3C)[nH]c(=O)c21. The molecule has 0 fully saturated rings. The van der Waals surface area contributed by atoms with E-state index in [4.69, 9.17) is 4.74 Å². The molecule has 0 unspecified atom stereocenters. The maximum atomic E-state index is 13.0. The molecule has 0 saturated carbocycles. The van der Waals surface area contributed by atoms with Gasteiger partial charge in [-0.05, 0) is 24.1 Å². The molecule has 0 spiro atoms. The number of amides is 1. The molecule has 154 valence electrons. The summed E-state index contributed by atoms with van der Waals surface area (Å²) < 4.78 is 5.36. The molecule has 0 aliphatic carbocycles. The number of nitrogens with one attached hydrogen (secondary N) is 2. The second kappa shape index (κ2) is 8.23. The van der Waals surface area contributed by atoms with E-state index in [-0.39, 0.29) is 29.5 Å². The molecule has 30 heavy (non-hydrogen) atoms. The van der Waals surface area contributed by atoms with Crippen molar-refractivity contribution in [1.29, 1.82) is 0 Å². The molecule has 0 bridgehead atoms. The molecule has 3 aromatic rings. The lowest BCUT2D eigenvalue weighted by Crippen LogP contribution is -2.31. The van der Waals surface area contributed by atoms with Gasteiger partial charge in [0.25, 0.3) is 5.56 Å². The van der Waals surface area contributed by atoms with Gasteiger partial charge in [0, 0.05) is 29.7 Å². The predicted octanol–water partition coefficient (Wildman–Crippen LogP) is 3.56. The monoisotopic (exact) mass is 423 g/mol. The van der Waals surface area contributed by atoms with Crippen LogP contribution in [0.5, 0.6) is 11.5 Å². The minimum atomic E-state index is -0.518. The number of thioether (sulfide) groups is 1. The van der Waals surface area contributed by atoms with Crippen LogP contribution in [0.4, 0.5) is 5.82 Å². The number of phenols is 1. The van der Waals surface area contributed by atoms with E-state index in [9.17, 15) is 14.7 Å². The van der Waals surface area contributed by atoms with Crippen LogP contribution in [-0.4, -0.2) is 28.1 Å². The predicted molar refractivity (Wildman–Crippen MR) is 115 cm³/mol. The third kappa shape index (κ3) is 3.91. The fraction of sp³-hybridized carbons (Fsp3) is 0.227. The number of phenolic OH excluding ortho intramolecular Hbond substituents is 1. The Kier molecular flexibility index (Phi) is 5.50. The molecule has 1 amide bonds. The summed E-state index contributed by atoms with van der Waals surface area (Å²) >= 11 is 1.41. The first-order chi connectivity index (χ1) is 14.5. The number of anilines is 1. The van der Waals surface area contributed by atoms with Crippen molar-refractivity contribution in [1.82, 2.24) is 9.97 Å². The zero-order valence-electron chi connectivity index (χ0n) is 16.6. The topological polar surface area (TPSA) is 104 Å². The Hall–Kier alpha value is -3.26. The number of aromatic hydroxyl groups is 1. The van der Waals surface area contributed by atoms with Crippen molar-refractivity contribution in [2.45, 2.75) is 30.2 Å². The molecule has 2 aromatic carbocycles. The van der Waals surface area contributed by atoms with Crippen molar-refractivity contribution in [3.8, 4) is 11.5 Å². The number of aromatic nitrogens is 2. The van der Waals surface area contributed by atoms with Crippen molar-refractivity contribution in [3.63, 3.8) is 0 Å². The molecule has 0 saturated heterocycles. The average Bonchev–Trinajstić information content (AvgIpc) is 2.72. The number of H-pyrrole nitrogens is 1. The van der Waals surface area contributed by atoms with E-state index in [1.165, 1.54) is 31.0 Å². The fourth-order valence-electron chi connectivity index (χ4n) is 3.59. The van der Waals surface area contributed by atoms with Crippen molar-refractivity contribution >= 4 is 23.5 Å². The maximum Gasteiger partial charge on any atom is 0.257 e. The Labute approximate surface area is 177 Å². The molecule has 0 radical (unpaired) electrons. The summed E-state index contributed by atoms with van der Waals surface area (Å²) in [5.74, 6) is 0.635. The number of ether oxygens (including phenoxy) is 1. The average molecular weight is 423 g/mol. The van der Waals surface area contributed by atoms with E-state index < -0.39 is 5.92 Å². The number of nitrogens with zero attached hydrogens (tertiary/aromatic N) is 1. The van der Waals surface area contributed by atoms with E-state index in [0.717, 1.165) is 11.1 Å². The van der Waals surface area contributed by atoms with Crippen LogP contribution < -0.4 is 15.6 Å². The van der Waals surface area contributed by atoms with Gasteiger partial charge >= 0.3 is 0 Å². The first kappa shape index (κ1) is 20.0. The third-order valence-electron chi connectivity index (χ3n) is 5.15. The van der Waals surface area contributed by atoms with Crippen LogP contribution in [0.2, 0.25) is 0 Å². The highest BCUT2D eigenvalue weighted by Crippen LogP contribution is 2.40. The van der Waals surface area contributed by atoms with Gasteiger partial charge in [-0.2, -0.15) is 0 Å². The zero-order valence-corrected chi connectivity index (χ0v) is 17.4. The summed E-state index contributed by atoms with van der Waals surface area (Å²) in [7, 11) is 1.48. The van der Waals surface area contributed by atoms with Gasteiger partial charge in [-0.1, -0.05) is 42.1 Å². The Morgan fingerprint density at radius 1 is 1.23 bits per heavy atom. The Balaban J connectivity index is 1.70. The third-order valence-corrected chi connectivity index (χ3v) is 6.07. The summed E-state index contributed by atoms with van der Waals surface area (Å²) in [6.45, 7) is 2.04. The molecule has 8 heteroatoms. The number of aromatic amines is 1. The summed E-state index contributed by atoms with van der Waals surface area (Å²) in [4.78, 5) is 32.7. The number of benzene rings is 2. The first-order valence-corrected chi connectivity index (χ1v) is 10.4. The van der Waals surface area contributed by atoms with E-state index in [2.05, 4.69) is 15.3 Å². The van der Waals surface area contributed by atoms with Gasteiger partial charge in [-0.25, -0.2) is 4.98 Å². The van der Waals surface area contributed by atoms with Crippen molar-refractivity contribution in [2.75, 3.05) is 12.4 Å². The number of fused-ring (bicyclic) bond motifs is 1. The van der Waals surface area contributed by atoms with Gasteiger partial charge in [0.05, 0.1) is 12.7 Å². The van der Waals surface area contributed by atoms with Gasteiger partial charge in [0.1, 0.15) is 17.3 Å². The molecular formula is C22H21N3O4S. The maximum absolute atomic E-state index is 13.0. The zero-order chi connectivity index (χ0) is 21.3. The van der Waals surface area contributed by atoms with Crippen molar-refractivity contribution in [2.24, 2.45) is 0 Å². The van der Waals surface area contributed by atoms with E-state index in [1.807, 2.05) is 31.2 Å². The lowest BCUT2D eigenvalue weighted by atomic mass is 9.86. The number of methoxy groups -OCH3 is 1. The van der Waals surface area contributed by atoms with Crippen molar-refractivity contribution in [3.05, 3.63) is 75.1 Å². The molecular weight excluding hydrogens is 402 g/mol. The molecule has 2 heterocycles. The second-order valence-corrected chi connectivity index (χ2v) is 8.04. The fourth-order valence-corrected chi connectivity index (χ4v) is 4.53. The lowest BCUT2D eigenvalue weighted by molar-refractivity contribution is -0.116. The normalized spacial score (nSPS) is 15.4. The van der Waals surface area contributed by atoms with Crippen LogP contribution in [0.1, 0.15) is 34.6 Å². The molecule has 1 aromatic heterocycles. The molecule has 7 nitrogen and oxygen atoms in total. The quantitative estimate of drug-likeness (QED) is 0.428. The Morgan fingerprint density at radius 2 is 2.03 bits per heavy atom. The largest absolute Gasteiger partial charge is 0.508 e. The Morgan fingerprint density at radius 3 is 2.80 bits per heavy atom. The molecule has 4 rings (SSSR count).